The normalized spacial score (nSPS) is 11.6. The van der Waals surface area contributed by atoms with Crippen LogP contribution in [-0.4, -0.2) is 23.4 Å². The van der Waals surface area contributed by atoms with E-state index in [2.05, 4.69) is 19.7 Å². The second kappa shape index (κ2) is 8.05. The van der Waals surface area contributed by atoms with E-state index in [1.807, 2.05) is 0 Å². The predicted molar refractivity (Wildman–Crippen MR) is 120 cm³/mol. The fraction of sp³-hybridized carbons (Fsp3) is 0.0500. The number of halogens is 3. The first-order valence-corrected chi connectivity index (χ1v) is 11.2. The van der Waals surface area contributed by atoms with Crippen molar-refractivity contribution in [2.45, 2.75) is 11.8 Å². The molecule has 0 amide bonds. The van der Waals surface area contributed by atoms with Gasteiger partial charge in [-0.15, -0.1) is 0 Å². The van der Waals surface area contributed by atoms with E-state index in [9.17, 15) is 22.4 Å². The largest absolute Gasteiger partial charge is 0.316 e. The Bertz CT molecular complexity index is 1620. The van der Waals surface area contributed by atoms with Crippen molar-refractivity contribution in [3.63, 3.8) is 0 Å². The van der Waals surface area contributed by atoms with Crippen molar-refractivity contribution in [1.82, 2.24) is 15.0 Å². The van der Waals surface area contributed by atoms with Gasteiger partial charge >= 0.3 is 11.1 Å². The van der Waals surface area contributed by atoms with Gasteiger partial charge in [-0.25, -0.2) is 12.8 Å². The van der Waals surface area contributed by atoms with Crippen molar-refractivity contribution < 1.29 is 12.8 Å². The number of fused-ring (bicyclic) bond motifs is 1. The number of hydrogen-bond donors (Lipinski definition) is 3. The number of pyridine rings is 1. The van der Waals surface area contributed by atoms with Crippen LogP contribution < -0.4 is 15.8 Å². The molecule has 8 nitrogen and oxygen atoms in total. The number of aryl methyl sites for hydroxylation is 1. The number of aromatic nitrogens is 3. The first kappa shape index (κ1) is 22.0. The maximum absolute atomic E-state index is 13.4. The van der Waals surface area contributed by atoms with Crippen LogP contribution in [0.15, 0.2) is 57.1 Å². The van der Waals surface area contributed by atoms with Crippen molar-refractivity contribution in [2.24, 2.45) is 0 Å². The average molecular weight is 495 g/mol. The van der Waals surface area contributed by atoms with Gasteiger partial charge in [-0.1, -0.05) is 23.2 Å². The molecule has 164 valence electrons. The zero-order valence-corrected chi connectivity index (χ0v) is 18.5. The Morgan fingerprint density at radius 2 is 1.62 bits per heavy atom. The predicted octanol–water partition coefficient (Wildman–Crippen LogP) is 3.83. The standard InChI is InChI=1S/C20H13Cl2FN4O4S/c1-9-4-15-16(26-20(29)19(28)25-15)7-17(9)32(30,31)27-11-6-13(22)18(24-8-11)10-2-3-14(23)12(21)5-10/h2-8,27H,1H3,(H,25,28)(H,26,29). The van der Waals surface area contributed by atoms with Crippen molar-refractivity contribution in [3.8, 4) is 11.3 Å². The van der Waals surface area contributed by atoms with Gasteiger partial charge in [-0.05, 0) is 48.9 Å². The first-order valence-electron chi connectivity index (χ1n) is 8.96. The average Bonchev–Trinajstić information content (AvgIpc) is 2.71. The highest BCUT2D eigenvalue weighted by atomic mass is 35.5. The SMILES string of the molecule is Cc1cc2[nH]c(=O)c(=O)[nH]c2cc1S(=O)(=O)Nc1cnc(-c2ccc(F)c(Cl)c2)c(Cl)c1. The fourth-order valence-electron chi connectivity index (χ4n) is 3.10. The second-order valence-corrected chi connectivity index (χ2v) is 9.33. The van der Waals surface area contributed by atoms with Crippen LogP contribution in [0.1, 0.15) is 5.56 Å². The number of sulfonamides is 1. The number of nitrogens with zero attached hydrogens (tertiary/aromatic N) is 1. The van der Waals surface area contributed by atoms with Crippen molar-refractivity contribution >= 4 is 49.9 Å². The van der Waals surface area contributed by atoms with Crippen LogP contribution in [0.5, 0.6) is 0 Å². The van der Waals surface area contributed by atoms with Gasteiger partial charge in [-0.3, -0.25) is 19.3 Å². The van der Waals surface area contributed by atoms with Crippen LogP contribution in [0.4, 0.5) is 10.1 Å². The van der Waals surface area contributed by atoms with Gasteiger partial charge in [-0.2, -0.15) is 0 Å². The second-order valence-electron chi connectivity index (χ2n) is 6.86. The van der Waals surface area contributed by atoms with Crippen molar-refractivity contribution in [2.75, 3.05) is 4.72 Å². The van der Waals surface area contributed by atoms with Crippen LogP contribution in [0.3, 0.4) is 0 Å². The Morgan fingerprint density at radius 1 is 0.969 bits per heavy atom. The Morgan fingerprint density at radius 3 is 2.25 bits per heavy atom. The zero-order valence-electron chi connectivity index (χ0n) is 16.2. The molecule has 2 aromatic carbocycles. The third-order valence-corrected chi connectivity index (χ3v) is 6.69. The first-order chi connectivity index (χ1) is 15.0. The van der Waals surface area contributed by atoms with Gasteiger partial charge < -0.3 is 9.97 Å². The van der Waals surface area contributed by atoms with Gasteiger partial charge in [0, 0.05) is 5.56 Å². The molecule has 0 aliphatic rings. The fourth-order valence-corrected chi connectivity index (χ4v) is 4.85. The minimum atomic E-state index is -4.10. The van der Waals surface area contributed by atoms with Crippen LogP contribution >= 0.6 is 23.2 Å². The molecule has 4 rings (SSSR count). The molecule has 0 saturated heterocycles. The number of nitrogens with one attached hydrogen (secondary N) is 3. The molecule has 0 bridgehead atoms. The van der Waals surface area contributed by atoms with Crippen LogP contribution in [-0.2, 0) is 10.0 Å². The summed E-state index contributed by atoms with van der Waals surface area (Å²) >= 11 is 12.1. The van der Waals surface area contributed by atoms with Gasteiger partial charge in [0.15, 0.2) is 0 Å². The highest BCUT2D eigenvalue weighted by Crippen LogP contribution is 2.31. The molecule has 0 fully saturated rings. The highest BCUT2D eigenvalue weighted by molar-refractivity contribution is 7.92. The number of aromatic amines is 2. The lowest BCUT2D eigenvalue weighted by Crippen LogP contribution is -2.29. The highest BCUT2D eigenvalue weighted by Gasteiger charge is 2.20. The molecule has 3 N–H and O–H groups in total. The number of hydrogen-bond acceptors (Lipinski definition) is 5. The van der Waals surface area contributed by atoms with Crippen LogP contribution in [0.2, 0.25) is 10.0 Å². The van der Waals surface area contributed by atoms with E-state index in [4.69, 9.17) is 23.2 Å². The van der Waals surface area contributed by atoms with E-state index in [0.29, 0.717) is 16.8 Å². The van der Waals surface area contributed by atoms with Crippen molar-refractivity contribution in [1.29, 1.82) is 0 Å². The van der Waals surface area contributed by atoms with E-state index < -0.39 is 27.0 Å². The third kappa shape index (κ3) is 4.12. The molecule has 2 aromatic heterocycles. The molecule has 0 spiro atoms. The molecule has 0 radical (unpaired) electrons. The summed E-state index contributed by atoms with van der Waals surface area (Å²) in [7, 11) is -4.10. The molecule has 0 aliphatic heterocycles. The van der Waals surface area contributed by atoms with E-state index in [1.54, 1.807) is 6.92 Å². The third-order valence-electron chi connectivity index (χ3n) is 4.59. The van der Waals surface area contributed by atoms with Gasteiger partial charge in [0.05, 0.1) is 43.6 Å². The summed E-state index contributed by atoms with van der Waals surface area (Å²) in [4.78, 5) is 31.9. The lowest BCUT2D eigenvalue weighted by Gasteiger charge is -2.12. The molecule has 0 aliphatic carbocycles. The Kier molecular flexibility index (Phi) is 5.53. The van der Waals surface area contributed by atoms with Crippen LogP contribution in [0.25, 0.3) is 22.3 Å². The number of H-pyrrole nitrogens is 2. The summed E-state index contributed by atoms with van der Waals surface area (Å²) in [6, 6.07) is 8.02. The molecule has 2 heterocycles. The Hall–Kier alpha value is -3.21. The summed E-state index contributed by atoms with van der Waals surface area (Å²) in [5.41, 5.74) is -0.123. The molecule has 0 saturated carbocycles. The van der Waals surface area contributed by atoms with E-state index in [0.717, 1.165) is 0 Å². The quantitative estimate of drug-likeness (QED) is 0.371. The molecule has 12 heteroatoms. The number of rotatable bonds is 4. The lowest BCUT2D eigenvalue weighted by atomic mass is 10.1. The minimum absolute atomic E-state index is 0.0846. The summed E-state index contributed by atoms with van der Waals surface area (Å²) in [5.74, 6) is -0.591. The number of anilines is 1. The van der Waals surface area contributed by atoms with Gasteiger partial charge in [0.25, 0.3) is 10.0 Å². The van der Waals surface area contributed by atoms with Crippen molar-refractivity contribution in [3.05, 3.63) is 84.7 Å². The maximum Gasteiger partial charge on any atom is 0.314 e. The van der Waals surface area contributed by atoms with E-state index >= 15 is 0 Å². The topological polar surface area (TPSA) is 125 Å². The molecular formula is C20H13Cl2FN4O4S. The molecule has 4 aromatic rings. The summed E-state index contributed by atoms with van der Waals surface area (Å²) < 4.78 is 41.7. The lowest BCUT2D eigenvalue weighted by molar-refractivity contribution is 0.600. The molecule has 32 heavy (non-hydrogen) atoms. The van der Waals surface area contributed by atoms with E-state index in [1.165, 1.54) is 42.6 Å². The van der Waals surface area contributed by atoms with E-state index in [-0.39, 0.29) is 31.7 Å². The maximum atomic E-state index is 13.4. The smallest absolute Gasteiger partial charge is 0.314 e. The molecule has 0 atom stereocenters. The Labute approximate surface area is 190 Å². The summed E-state index contributed by atoms with van der Waals surface area (Å²) in [5, 5.41) is 0.0151. The van der Waals surface area contributed by atoms with Gasteiger partial charge in [0.2, 0.25) is 0 Å². The molecular weight excluding hydrogens is 482 g/mol. The monoisotopic (exact) mass is 494 g/mol. The Balaban J connectivity index is 1.70. The minimum Gasteiger partial charge on any atom is -0.316 e. The van der Waals surface area contributed by atoms with Crippen LogP contribution in [0, 0.1) is 12.7 Å². The van der Waals surface area contributed by atoms with Gasteiger partial charge in [0.1, 0.15) is 5.82 Å². The summed E-state index contributed by atoms with van der Waals surface area (Å²) in [6.07, 6.45) is 1.26. The summed E-state index contributed by atoms with van der Waals surface area (Å²) in [6.45, 7) is 1.55. The molecule has 0 unspecified atom stereocenters. The zero-order chi connectivity index (χ0) is 23.2. The number of benzene rings is 2.